The molecule has 1 atom stereocenters. The lowest BCUT2D eigenvalue weighted by molar-refractivity contribution is -0.133. The standard InChI is InChI=1S/C17H25N3O3/c1-17(2,3)23-16(22)20-12-8-11-14(20)15(21)19(4)18-13-9-6-5-7-10-13/h5-7,9-10,14,18H,8,11-12H2,1-4H3/t14-/m1/s1. The molecule has 2 rings (SSSR count). The van der Waals surface area contributed by atoms with E-state index in [2.05, 4.69) is 5.43 Å². The van der Waals surface area contributed by atoms with E-state index in [0.717, 1.165) is 12.1 Å². The van der Waals surface area contributed by atoms with Crippen LogP contribution in [0.4, 0.5) is 10.5 Å². The first kappa shape index (κ1) is 17.1. The van der Waals surface area contributed by atoms with Crippen LogP contribution in [0.25, 0.3) is 0 Å². The molecule has 1 fully saturated rings. The van der Waals surface area contributed by atoms with Crippen molar-refractivity contribution in [3.8, 4) is 0 Å². The number of rotatable bonds is 3. The Kier molecular flexibility index (Phi) is 5.13. The Morgan fingerprint density at radius 3 is 2.52 bits per heavy atom. The quantitative estimate of drug-likeness (QED) is 0.870. The summed E-state index contributed by atoms with van der Waals surface area (Å²) in [4.78, 5) is 26.4. The van der Waals surface area contributed by atoms with Crippen LogP contribution < -0.4 is 5.43 Å². The number of anilines is 1. The molecule has 0 aromatic heterocycles. The van der Waals surface area contributed by atoms with Crippen molar-refractivity contribution in [2.75, 3.05) is 19.0 Å². The van der Waals surface area contributed by atoms with Crippen LogP contribution in [0.5, 0.6) is 0 Å². The van der Waals surface area contributed by atoms with Gasteiger partial charge in [0.25, 0.3) is 5.91 Å². The zero-order valence-electron chi connectivity index (χ0n) is 14.2. The minimum absolute atomic E-state index is 0.141. The minimum Gasteiger partial charge on any atom is -0.444 e. The molecule has 0 unspecified atom stereocenters. The van der Waals surface area contributed by atoms with Gasteiger partial charge in [-0.2, -0.15) is 0 Å². The van der Waals surface area contributed by atoms with E-state index < -0.39 is 17.7 Å². The number of likely N-dealkylation sites (N-methyl/N-ethyl adjacent to an activating group) is 1. The summed E-state index contributed by atoms with van der Waals surface area (Å²) in [5.74, 6) is -0.141. The van der Waals surface area contributed by atoms with Crippen LogP contribution in [-0.2, 0) is 9.53 Å². The number of carbonyl (C=O) groups excluding carboxylic acids is 2. The van der Waals surface area contributed by atoms with Gasteiger partial charge in [0, 0.05) is 13.6 Å². The molecule has 1 heterocycles. The Bertz CT molecular complexity index is 554. The van der Waals surface area contributed by atoms with E-state index in [9.17, 15) is 9.59 Å². The SMILES string of the molecule is CN(Nc1ccccc1)C(=O)[C@H]1CCCN1C(=O)OC(C)(C)C. The number of para-hydroxylation sites is 1. The lowest BCUT2D eigenvalue weighted by atomic mass is 10.2. The molecule has 0 spiro atoms. The Balaban J connectivity index is 2.01. The predicted octanol–water partition coefficient (Wildman–Crippen LogP) is 2.87. The van der Waals surface area contributed by atoms with E-state index >= 15 is 0 Å². The molecule has 126 valence electrons. The molecule has 1 aliphatic heterocycles. The summed E-state index contributed by atoms with van der Waals surface area (Å²) in [5.41, 5.74) is 3.29. The average molecular weight is 319 g/mol. The summed E-state index contributed by atoms with van der Waals surface area (Å²) >= 11 is 0. The molecule has 0 radical (unpaired) electrons. The normalized spacial score (nSPS) is 17.7. The van der Waals surface area contributed by atoms with Crippen molar-refractivity contribution in [2.45, 2.75) is 45.3 Å². The van der Waals surface area contributed by atoms with Crippen LogP contribution >= 0.6 is 0 Å². The molecule has 1 aromatic carbocycles. The van der Waals surface area contributed by atoms with Gasteiger partial charge in [0.1, 0.15) is 11.6 Å². The topological polar surface area (TPSA) is 61.9 Å². The third-order valence-corrected chi connectivity index (χ3v) is 3.57. The van der Waals surface area contributed by atoms with Crippen LogP contribution in [-0.4, -0.2) is 47.1 Å². The van der Waals surface area contributed by atoms with Crippen molar-refractivity contribution in [2.24, 2.45) is 0 Å². The second-order valence-corrected chi connectivity index (χ2v) is 6.71. The highest BCUT2D eigenvalue weighted by Crippen LogP contribution is 2.22. The zero-order valence-corrected chi connectivity index (χ0v) is 14.2. The van der Waals surface area contributed by atoms with Gasteiger partial charge >= 0.3 is 6.09 Å². The van der Waals surface area contributed by atoms with Crippen molar-refractivity contribution in [1.29, 1.82) is 0 Å². The predicted molar refractivity (Wildman–Crippen MR) is 88.8 cm³/mol. The van der Waals surface area contributed by atoms with Gasteiger partial charge in [-0.1, -0.05) is 18.2 Å². The van der Waals surface area contributed by atoms with Crippen molar-refractivity contribution in [1.82, 2.24) is 9.91 Å². The second kappa shape index (κ2) is 6.89. The summed E-state index contributed by atoms with van der Waals surface area (Å²) in [5, 5.41) is 1.43. The van der Waals surface area contributed by atoms with Crippen molar-refractivity contribution in [3.63, 3.8) is 0 Å². The van der Waals surface area contributed by atoms with E-state index in [1.54, 1.807) is 7.05 Å². The number of hydrogen-bond donors (Lipinski definition) is 1. The fourth-order valence-electron chi connectivity index (χ4n) is 2.55. The first-order chi connectivity index (χ1) is 10.8. The molecule has 0 saturated carbocycles. The molecule has 0 aliphatic carbocycles. The third kappa shape index (κ3) is 4.61. The summed E-state index contributed by atoms with van der Waals surface area (Å²) in [6, 6.07) is 8.97. The van der Waals surface area contributed by atoms with Gasteiger partial charge in [-0.15, -0.1) is 0 Å². The van der Waals surface area contributed by atoms with Crippen LogP contribution in [0.3, 0.4) is 0 Å². The van der Waals surface area contributed by atoms with Crippen molar-refractivity contribution < 1.29 is 14.3 Å². The molecular weight excluding hydrogens is 294 g/mol. The first-order valence-electron chi connectivity index (χ1n) is 7.87. The van der Waals surface area contributed by atoms with E-state index in [0.29, 0.717) is 13.0 Å². The number of hydrogen-bond acceptors (Lipinski definition) is 4. The number of ether oxygens (including phenoxy) is 1. The highest BCUT2D eigenvalue weighted by atomic mass is 16.6. The number of hydrazine groups is 1. The molecule has 2 amide bonds. The van der Waals surface area contributed by atoms with Crippen LogP contribution in [0, 0.1) is 0 Å². The molecule has 1 aliphatic rings. The van der Waals surface area contributed by atoms with Gasteiger partial charge in [-0.3, -0.25) is 20.1 Å². The number of nitrogens with zero attached hydrogens (tertiary/aromatic N) is 2. The summed E-state index contributed by atoms with van der Waals surface area (Å²) < 4.78 is 5.40. The Morgan fingerprint density at radius 2 is 1.91 bits per heavy atom. The molecular formula is C17H25N3O3. The third-order valence-electron chi connectivity index (χ3n) is 3.57. The van der Waals surface area contributed by atoms with Gasteiger partial charge in [0.15, 0.2) is 0 Å². The Hall–Kier alpha value is -2.24. The van der Waals surface area contributed by atoms with E-state index in [4.69, 9.17) is 4.74 Å². The maximum atomic E-state index is 12.6. The van der Waals surface area contributed by atoms with E-state index in [1.165, 1.54) is 9.91 Å². The van der Waals surface area contributed by atoms with Gasteiger partial charge < -0.3 is 4.74 Å². The van der Waals surface area contributed by atoms with Crippen molar-refractivity contribution in [3.05, 3.63) is 30.3 Å². The molecule has 6 nitrogen and oxygen atoms in total. The lowest BCUT2D eigenvalue weighted by Crippen LogP contribution is -2.49. The molecule has 23 heavy (non-hydrogen) atoms. The fourth-order valence-corrected chi connectivity index (χ4v) is 2.55. The monoisotopic (exact) mass is 319 g/mol. The van der Waals surface area contributed by atoms with Crippen LogP contribution in [0.2, 0.25) is 0 Å². The molecule has 1 saturated heterocycles. The van der Waals surface area contributed by atoms with Gasteiger partial charge in [0.05, 0.1) is 5.69 Å². The van der Waals surface area contributed by atoms with E-state index in [-0.39, 0.29) is 5.91 Å². The largest absolute Gasteiger partial charge is 0.444 e. The van der Waals surface area contributed by atoms with Crippen LogP contribution in [0.1, 0.15) is 33.6 Å². The highest BCUT2D eigenvalue weighted by molar-refractivity contribution is 5.87. The number of amides is 2. The van der Waals surface area contributed by atoms with Crippen molar-refractivity contribution >= 4 is 17.7 Å². The molecule has 0 bridgehead atoms. The smallest absolute Gasteiger partial charge is 0.410 e. The van der Waals surface area contributed by atoms with Crippen LogP contribution in [0.15, 0.2) is 30.3 Å². The molecule has 1 aromatic rings. The lowest BCUT2D eigenvalue weighted by Gasteiger charge is -2.30. The average Bonchev–Trinajstić information content (AvgIpc) is 2.95. The fraction of sp³-hybridized carbons (Fsp3) is 0.529. The molecule has 6 heteroatoms. The summed E-state index contributed by atoms with van der Waals surface area (Å²) in [6.45, 7) is 6.01. The number of carbonyl (C=O) groups is 2. The Morgan fingerprint density at radius 1 is 1.26 bits per heavy atom. The second-order valence-electron chi connectivity index (χ2n) is 6.71. The highest BCUT2D eigenvalue weighted by Gasteiger charge is 2.38. The summed E-state index contributed by atoms with van der Waals surface area (Å²) in [7, 11) is 1.67. The maximum absolute atomic E-state index is 12.6. The number of nitrogens with one attached hydrogen (secondary N) is 1. The molecule has 1 N–H and O–H groups in total. The summed E-state index contributed by atoms with van der Waals surface area (Å²) in [6.07, 6.45) is 1.02. The van der Waals surface area contributed by atoms with E-state index in [1.807, 2.05) is 51.1 Å². The zero-order chi connectivity index (χ0) is 17.0. The first-order valence-corrected chi connectivity index (χ1v) is 7.87. The Labute approximate surface area is 137 Å². The maximum Gasteiger partial charge on any atom is 0.410 e. The van der Waals surface area contributed by atoms with Gasteiger partial charge in [0.2, 0.25) is 0 Å². The van der Waals surface area contributed by atoms with Gasteiger partial charge in [-0.05, 0) is 45.7 Å². The number of benzene rings is 1. The van der Waals surface area contributed by atoms with Gasteiger partial charge in [-0.25, -0.2) is 4.79 Å². The minimum atomic E-state index is -0.568. The number of likely N-dealkylation sites (tertiary alicyclic amines) is 1.